The van der Waals surface area contributed by atoms with Crippen LogP contribution in [0, 0.1) is 11.8 Å². The first-order valence-electron chi connectivity index (χ1n) is 6.54. The van der Waals surface area contributed by atoms with Gasteiger partial charge in [-0.05, 0) is 19.3 Å². The zero-order chi connectivity index (χ0) is 13.8. The summed E-state index contributed by atoms with van der Waals surface area (Å²) < 4.78 is 5.33. The number of aromatic nitrogens is 2. The van der Waals surface area contributed by atoms with E-state index in [9.17, 15) is 4.79 Å². The summed E-state index contributed by atoms with van der Waals surface area (Å²) in [4.78, 5) is 21.6. The van der Waals surface area contributed by atoms with Crippen molar-refractivity contribution in [3.05, 3.63) is 12.4 Å². The molecule has 2 atom stereocenters. The van der Waals surface area contributed by atoms with E-state index in [-0.39, 0.29) is 11.8 Å². The summed E-state index contributed by atoms with van der Waals surface area (Å²) in [7, 11) is 0. The molecule has 1 aromatic heterocycles. The lowest BCUT2D eigenvalue weighted by Crippen LogP contribution is -2.42. The lowest BCUT2D eigenvalue weighted by molar-refractivity contribution is -0.144. The predicted octanol–water partition coefficient (Wildman–Crippen LogP) is 1.42. The van der Waals surface area contributed by atoms with Gasteiger partial charge in [-0.25, -0.2) is 0 Å². The van der Waals surface area contributed by atoms with Gasteiger partial charge in [-0.3, -0.25) is 9.78 Å². The largest absolute Gasteiger partial charge is 0.481 e. The Kier molecular flexibility index (Phi) is 4.19. The number of aliphatic carboxylic acids is 1. The minimum absolute atomic E-state index is 0.101. The van der Waals surface area contributed by atoms with Gasteiger partial charge in [-0.1, -0.05) is 6.92 Å². The third kappa shape index (κ3) is 3.13. The van der Waals surface area contributed by atoms with Crippen molar-refractivity contribution in [3.63, 3.8) is 0 Å². The Bertz CT molecular complexity index is 453. The maximum Gasteiger partial charge on any atom is 0.306 e. The lowest BCUT2D eigenvalue weighted by Gasteiger charge is -2.35. The van der Waals surface area contributed by atoms with Crippen LogP contribution in [-0.2, 0) is 4.79 Å². The third-order valence-corrected chi connectivity index (χ3v) is 3.44. The Labute approximate surface area is 112 Å². The molecule has 19 heavy (non-hydrogen) atoms. The van der Waals surface area contributed by atoms with Crippen LogP contribution in [0.25, 0.3) is 0 Å². The molecule has 6 heteroatoms. The number of ether oxygens (including phenoxy) is 1. The number of nitrogens with zero attached hydrogens (tertiary/aromatic N) is 3. The molecule has 0 amide bonds. The van der Waals surface area contributed by atoms with E-state index in [0.717, 1.165) is 5.82 Å². The fourth-order valence-corrected chi connectivity index (χ4v) is 2.43. The summed E-state index contributed by atoms with van der Waals surface area (Å²) in [5.41, 5.74) is 0. The molecule has 2 heterocycles. The highest BCUT2D eigenvalue weighted by Gasteiger charge is 2.31. The van der Waals surface area contributed by atoms with Crippen molar-refractivity contribution in [2.24, 2.45) is 11.8 Å². The van der Waals surface area contributed by atoms with Crippen molar-refractivity contribution in [3.8, 4) is 5.88 Å². The fourth-order valence-electron chi connectivity index (χ4n) is 2.43. The molecule has 1 aromatic rings. The molecule has 6 nitrogen and oxygen atoms in total. The summed E-state index contributed by atoms with van der Waals surface area (Å²) >= 11 is 0. The number of hydrogen-bond acceptors (Lipinski definition) is 5. The van der Waals surface area contributed by atoms with Gasteiger partial charge in [0.05, 0.1) is 24.9 Å². The number of carboxylic acid groups (broad SMARTS) is 1. The van der Waals surface area contributed by atoms with Crippen LogP contribution in [0.3, 0.4) is 0 Å². The monoisotopic (exact) mass is 265 g/mol. The van der Waals surface area contributed by atoms with Gasteiger partial charge < -0.3 is 14.7 Å². The number of anilines is 1. The third-order valence-electron chi connectivity index (χ3n) is 3.44. The smallest absolute Gasteiger partial charge is 0.306 e. The minimum atomic E-state index is -0.707. The predicted molar refractivity (Wildman–Crippen MR) is 70.3 cm³/mol. The summed E-state index contributed by atoms with van der Waals surface area (Å²) in [6, 6.07) is 0. The Morgan fingerprint density at radius 2 is 2.37 bits per heavy atom. The Morgan fingerprint density at radius 1 is 1.58 bits per heavy atom. The van der Waals surface area contributed by atoms with Crippen molar-refractivity contribution in [1.82, 2.24) is 9.97 Å². The molecular weight excluding hydrogens is 246 g/mol. The average molecular weight is 265 g/mol. The fraction of sp³-hybridized carbons (Fsp3) is 0.615. The van der Waals surface area contributed by atoms with E-state index in [2.05, 4.69) is 14.9 Å². The lowest BCUT2D eigenvalue weighted by atomic mass is 9.87. The van der Waals surface area contributed by atoms with Crippen LogP contribution in [0.15, 0.2) is 12.4 Å². The molecule has 0 spiro atoms. The van der Waals surface area contributed by atoms with Crippen LogP contribution in [0.1, 0.15) is 20.3 Å². The van der Waals surface area contributed by atoms with Gasteiger partial charge in [0.2, 0.25) is 5.88 Å². The number of carboxylic acids is 1. The van der Waals surface area contributed by atoms with Crippen LogP contribution in [0.4, 0.5) is 5.82 Å². The van der Waals surface area contributed by atoms with Crippen LogP contribution in [0.5, 0.6) is 5.88 Å². The Balaban J connectivity index is 2.07. The topological polar surface area (TPSA) is 75.5 Å². The molecule has 2 rings (SSSR count). The van der Waals surface area contributed by atoms with Gasteiger partial charge in [-0.15, -0.1) is 0 Å². The zero-order valence-corrected chi connectivity index (χ0v) is 11.2. The molecule has 0 bridgehead atoms. The standard InChI is InChI=1S/C13H19N3O3/c1-3-19-12-7-14-6-11(15-12)16-5-4-10(13(17)18)9(2)8-16/h6-7,9-10H,3-5,8H2,1-2H3,(H,17,18). The average Bonchev–Trinajstić information content (AvgIpc) is 2.39. The number of hydrogen-bond donors (Lipinski definition) is 1. The highest BCUT2D eigenvalue weighted by molar-refractivity contribution is 5.70. The second-order valence-electron chi connectivity index (χ2n) is 4.81. The van der Waals surface area contributed by atoms with Gasteiger partial charge >= 0.3 is 5.97 Å². The van der Waals surface area contributed by atoms with Crippen LogP contribution < -0.4 is 9.64 Å². The summed E-state index contributed by atoms with van der Waals surface area (Å²) in [5.74, 6) is 0.388. The molecule has 104 valence electrons. The highest BCUT2D eigenvalue weighted by Crippen LogP contribution is 2.26. The van der Waals surface area contributed by atoms with Crippen molar-refractivity contribution in [1.29, 1.82) is 0 Å². The summed E-state index contributed by atoms with van der Waals surface area (Å²) in [6.07, 6.45) is 3.91. The van der Waals surface area contributed by atoms with E-state index in [1.165, 1.54) is 0 Å². The molecule has 0 saturated carbocycles. The zero-order valence-electron chi connectivity index (χ0n) is 11.2. The van der Waals surface area contributed by atoms with Crippen LogP contribution in [-0.4, -0.2) is 40.7 Å². The first kappa shape index (κ1) is 13.6. The minimum Gasteiger partial charge on any atom is -0.481 e. The number of piperidine rings is 1. The second kappa shape index (κ2) is 5.86. The number of carbonyl (C=O) groups is 1. The van der Waals surface area contributed by atoms with Crippen molar-refractivity contribution < 1.29 is 14.6 Å². The van der Waals surface area contributed by atoms with E-state index in [1.807, 2.05) is 13.8 Å². The molecule has 2 unspecified atom stereocenters. The quantitative estimate of drug-likeness (QED) is 0.887. The van der Waals surface area contributed by atoms with E-state index in [1.54, 1.807) is 12.4 Å². The van der Waals surface area contributed by atoms with Gasteiger partial charge in [0.1, 0.15) is 0 Å². The molecule has 0 radical (unpaired) electrons. The first-order chi connectivity index (χ1) is 9.11. The van der Waals surface area contributed by atoms with Crippen molar-refractivity contribution in [2.75, 3.05) is 24.6 Å². The van der Waals surface area contributed by atoms with E-state index >= 15 is 0 Å². The molecule has 1 fully saturated rings. The van der Waals surface area contributed by atoms with Crippen LogP contribution >= 0.6 is 0 Å². The summed E-state index contributed by atoms with van der Waals surface area (Å²) in [6.45, 7) is 5.78. The Hall–Kier alpha value is -1.85. The summed E-state index contributed by atoms with van der Waals surface area (Å²) in [5, 5.41) is 9.11. The van der Waals surface area contributed by atoms with Gasteiger partial charge in [-0.2, -0.15) is 4.98 Å². The van der Waals surface area contributed by atoms with Gasteiger partial charge in [0.15, 0.2) is 5.82 Å². The molecule has 0 aromatic carbocycles. The molecular formula is C13H19N3O3. The maximum absolute atomic E-state index is 11.1. The SMILES string of the molecule is CCOc1cncc(N2CCC(C(=O)O)C(C)C2)n1. The van der Waals surface area contributed by atoms with Crippen molar-refractivity contribution in [2.45, 2.75) is 20.3 Å². The van der Waals surface area contributed by atoms with Crippen molar-refractivity contribution >= 4 is 11.8 Å². The maximum atomic E-state index is 11.1. The first-order valence-corrected chi connectivity index (χ1v) is 6.54. The van der Waals surface area contributed by atoms with E-state index in [4.69, 9.17) is 9.84 Å². The van der Waals surface area contributed by atoms with Gasteiger partial charge in [0, 0.05) is 13.1 Å². The van der Waals surface area contributed by atoms with Gasteiger partial charge in [0.25, 0.3) is 0 Å². The molecule has 0 aliphatic carbocycles. The second-order valence-corrected chi connectivity index (χ2v) is 4.81. The normalized spacial score (nSPS) is 23.2. The number of rotatable bonds is 4. The molecule has 1 aliphatic rings. The van der Waals surface area contributed by atoms with E-state index in [0.29, 0.717) is 32.0 Å². The highest BCUT2D eigenvalue weighted by atomic mass is 16.5. The molecule has 1 saturated heterocycles. The molecule has 1 N–H and O–H groups in total. The Morgan fingerprint density at radius 3 is 3.00 bits per heavy atom. The van der Waals surface area contributed by atoms with Crippen LogP contribution in [0.2, 0.25) is 0 Å². The van der Waals surface area contributed by atoms with E-state index < -0.39 is 5.97 Å². The molecule has 1 aliphatic heterocycles.